The summed E-state index contributed by atoms with van der Waals surface area (Å²) in [6.07, 6.45) is 7.15. The van der Waals surface area contributed by atoms with Crippen LogP contribution in [0.4, 0.5) is 28.4 Å². The van der Waals surface area contributed by atoms with Crippen LogP contribution in [0.1, 0.15) is 166 Å². The van der Waals surface area contributed by atoms with Crippen LogP contribution in [0.25, 0.3) is 42.4 Å². The molecule has 0 spiro atoms. The molecule has 1 N–H and O–H groups in total. The van der Waals surface area contributed by atoms with E-state index in [2.05, 4.69) is 230 Å². The Morgan fingerprint density at radius 2 is 1.06 bits per heavy atom. The summed E-state index contributed by atoms with van der Waals surface area (Å²) in [4.78, 5) is 2.64. The Bertz CT molecular complexity index is 3560. The number of thiophene rings is 1. The maximum absolute atomic E-state index is 4.16. The molecule has 4 aliphatic rings. The van der Waals surface area contributed by atoms with E-state index in [0.717, 1.165) is 11.4 Å². The summed E-state index contributed by atoms with van der Waals surface area (Å²) in [7, 11) is 2.51. The fourth-order valence-corrected chi connectivity index (χ4v) is 14.9. The van der Waals surface area contributed by atoms with E-state index in [0.29, 0.717) is 0 Å². The molecule has 72 heavy (non-hydrogen) atoms. The lowest BCUT2D eigenvalue weighted by Crippen LogP contribution is -2.41. The number of hydrogen-bond acceptors (Lipinski definition) is 3. The van der Waals surface area contributed by atoms with Gasteiger partial charge in [0.1, 0.15) is 0 Å². The summed E-state index contributed by atoms with van der Waals surface area (Å²) in [5.74, 6) is 0. The first kappa shape index (κ1) is 47.4. The van der Waals surface area contributed by atoms with Crippen molar-refractivity contribution < 1.29 is 0 Å². The van der Waals surface area contributed by atoms with Crippen molar-refractivity contribution in [2.45, 2.75) is 168 Å². The van der Waals surface area contributed by atoms with Crippen molar-refractivity contribution in [3.8, 4) is 22.3 Å². The second kappa shape index (κ2) is 16.0. The minimum Gasteiger partial charge on any atom is -0.355 e. The highest BCUT2D eigenvalue weighted by Gasteiger charge is 2.41. The van der Waals surface area contributed by atoms with Crippen LogP contribution in [0.3, 0.4) is 0 Å². The van der Waals surface area contributed by atoms with Crippen LogP contribution in [-0.2, 0) is 32.5 Å². The minimum absolute atomic E-state index is 0.0627. The fraction of sp³-hybridized carbons (Fsp3) is 0.382. The van der Waals surface area contributed by atoms with E-state index < -0.39 is 0 Å². The first-order valence-corrected chi connectivity index (χ1v) is 27.9. The van der Waals surface area contributed by atoms with Gasteiger partial charge in [-0.1, -0.05) is 155 Å². The van der Waals surface area contributed by atoms with Crippen molar-refractivity contribution in [1.29, 1.82) is 0 Å². The molecular formula is C68H74BN2S. The maximum atomic E-state index is 4.16. The molecule has 1 radical (unpaired) electrons. The number of benzene rings is 7. The Hall–Kier alpha value is -5.58. The molecule has 0 amide bonds. The third kappa shape index (κ3) is 7.46. The third-order valence-corrected chi connectivity index (χ3v) is 19.8. The van der Waals surface area contributed by atoms with E-state index in [-0.39, 0.29) is 32.5 Å². The highest BCUT2D eigenvalue weighted by atomic mass is 32.1. The van der Waals surface area contributed by atoms with Gasteiger partial charge in [0.2, 0.25) is 0 Å². The van der Waals surface area contributed by atoms with Crippen molar-refractivity contribution in [1.82, 2.24) is 0 Å². The zero-order valence-corrected chi connectivity index (χ0v) is 46.5. The molecule has 0 unspecified atom stereocenters. The van der Waals surface area contributed by atoms with Gasteiger partial charge in [-0.3, -0.25) is 0 Å². The third-order valence-electron chi connectivity index (χ3n) is 18.6. The van der Waals surface area contributed by atoms with Gasteiger partial charge in [-0.25, -0.2) is 0 Å². The van der Waals surface area contributed by atoms with Crippen LogP contribution in [0.2, 0.25) is 0 Å². The molecule has 4 heteroatoms. The average molecular weight is 962 g/mol. The Morgan fingerprint density at radius 1 is 0.472 bits per heavy atom. The van der Waals surface area contributed by atoms with E-state index in [4.69, 9.17) is 0 Å². The maximum Gasteiger partial charge on any atom is 0.197 e. The molecule has 1 aliphatic heterocycles. The standard InChI is InChI=1S/C68H74BN2S/c1-40-32-47(61-58(33-40)71(57-35-43(20-24-54(57)69-61)42-18-16-15-17-19-42)56-38-52-49(34-41(56)2)64(5,6)28-30-67(52,11)12)60-55(70-44-21-23-48-50(36-44)65(7,8)27-26-63(48,3)4)25-22-45-46-37-51-53(39-59(46)72-62(45)60)68(13,14)31-29-66(51,9)10/h15-25,32-39,70H,26-31H2,1-14H3. The van der Waals surface area contributed by atoms with Crippen LogP contribution in [-0.4, -0.2) is 7.28 Å². The van der Waals surface area contributed by atoms with Gasteiger partial charge in [0.05, 0.1) is 0 Å². The highest BCUT2D eigenvalue weighted by molar-refractivity contribution is 7.26. The number of nitrogens with one attached hydrogen (secondary N) is 1. The smallest absolute Gasteiger partial charge is 0.197 e. The van der Waals surface area contributed by atoms with Crippen LogP contribution in [0, 0.1) is 13.8 Å². The Labute approximate surface area is 435 Å². The molecule has 0 saturated carbocycles. The van der Waals surface area contributed by atoms with Crippen molar-refractivity contribution in [2.24, 2.45) is 0 Å². The SMILES string of the molecule is Cc1cc(-c2c(Nc3ccc4c(c3)C(C)(C)CCC4(C)C)ccc3c2sc2cc4c(cc23)C(C)(C)CCC4(C)C)c2c(c1)N(c1cc3c(cc1C)C(C)(C)CCC3(C)C)c1cc(-c3ccccc3)ccc1[B]2. The van der Waals surface area contributed by atoms with E-state index in [1.165, 1.54) is 153 Å². The first-order chi connectivity index (χ1) is 33.9. The monoisotopic (exact) mass is 962 g/mol. The molecule has 3 aliphatic carbocycles. The summed E-state index contributed by atoms with van der Waals surface area (Å²) in [6.45, 7) is 34.1. The molecule has 1 aromatic heterocycles. The second-order valence-electron chi connectivity index (χ2n) is 26.6. The lowest BCUT2D eigenvalue weighted by molar-refractivity contribution is 0.332. The molecular weight excluding hydrogens is 888 g/mol. The van der Waals surface area contributed by atoms with E-state index in [1.807, 2.05) is 11.3 Å². The number of aryl methyl sites for hydroxylation is 2. The predicted molar refractivity (Wildman–Crippen MR) is 315 cm³/mol. The van der Waals surface area contributed by atoms with Crippen molar-refractivity contribution in [3.63, 3.8) is 0 Å². The molecule has 0 bridgehead atoms. The van der Waals surface area contributed by atoms with Crippen LogP contribution in [0.15, 0.2) is 115 Å². The zero-order chi connectivity index (χ0) is 50.7. The summed E-state index contributed by atoms with van der Waals surface area (Å²) in [5, 5.41) is 6.88. The predicted octanol–water partition coefficient (Wildman–Crippen LogP) is 18.2. The molecule has 8 aromatic rings. The summed E-state index contributed by atoms with van der Waals surface area (Å²) in [6, 6.07) is 45.4. The van der Waals surface area contributed by atoms with Gasteiger partial charge in [-0.2, -0.15) is 0 Å². The van der Waals surface area contributed by atoms with Gasteiger partial charge >= 0.3 is 0 Å². The molecule has 2 nitrogen and oxygen atoms in total. The molecule has 0 saturated heterocycles. The van der Waals surface area contributed by atoms with Gasteiger partial charge in [0.15, 0.2) is 7.28 Å². The van der Waals surface area contributed by atoms with Gasteiger partial charge in [0.25, 0.3) is 0 Å². The fourth-order valence-electron chi connectivity index (χ4n) is 13.6. The molecule has 0 atom stereocenters. The number of hydrogen-bond donors (Lipinski definition) is 1. The van der Waals surface area contributed by atoms with Gasteiger partial charge in [0, 0.05) is 54.2 Å². The van der Waals surface area contributed by atoms with E-state index in [1.54, 1.807) is 0 Å². The quantitative estimate of drug-likeness (QED) is 0.173. The number of nitrogens with zero attached hydrogens (tertiary/aromatic N) is 1. The summed E-state index contributed by atoms with van der Waals surface area (Å²) >= 11 is 1.99. The van der Waals surface area contributed by atoms with Gasteiger partial charge < -0.3 is 10.2 Å². The molecule has 12 rings (SSSR count). The number of fused-ring (bicyclic) bond motifs is 8. The molecule has 7 aromatic carbocycles. The summed E-state index contributed by atoms with van der Waals surface area (Å²) in [5.41, 5.74) is 25.8. The number of rotatable bonds is 5. The Kier molecular flexibility index (Phi) is 10.5. The van der Waals surface area contributed by atoms with Crippen LogP contribution < -0.4 is 21.1 Å². The lowest BCUT2D eigenvalue weighted by atomic mass is 9.57. The second-order valence-corrected chi connectivity index (χ2v) is 27.7. The van der Waals surface area contributed by atoms with Gasteiger partial charge in [-0.05, 0) is 200 Å². The Morgan fingerprint density at radius 3 is 1.71 bits per heavy atom. The van der Waals surface area contributed by atoms with Gasteiger partial charge in [-0.15, -0.1) is 11.3 Å². The summed E-state index contributed by atoms with van der Waals surface area (Å²) < 4.78 is 2.73. The van der Waals surface area contributed by atoms with E-state index in [9.17, 15) is 0 Å². The van der Waals surface area contributed by atoms with Crippen molar-refractivity contribution in [3.05, 3.63) is 160 Å². The van der Waals surface area contributed by atoms with Crippen molar-refractivity contribution >= 4 is 78.2 Å². The topological polar surface area (TPSA) is 15.3 Å². The molecule has 0 fully saturated rings. The van der Waals surface area contributed by atoms with Crippen LogP contribution in [0.5, 0.6) is 0 Å². The normalized spacial score (nSPS) is 19.4. The van der Waals surface area contributed by atoms with Crippen molar-refractivity contribution in [2.75, 3.05) is 10.2 Å². The van der Waals surface area contributed by atoms with Crippen LogP contribution >= 0.6 is 11.3 Å². The average Bonchev–Trinajstić information content (AvgIpc) is 3.70. The minimum atomic E-state index is 0.0627. The molecule has 2 heterocycles. The number of anilines is 5. The molecule has 365 valence electrons. The largest absolute Gasteiger partial charge is 0.355 e. The Balaban J connectivity index is 1.13. The zero-order valence-electron chi connectivity index (χ0n) is 45.6. The highest BCUT2D eigenvalue weighted by Crippen LogP contribution is 2.54. The lowest BCUT2D eigenvalue weighted by Gasteiger charge is -2.44. The first-order valence-electron chi connectivity index (χ1n) is 27.0. The van der Waals surface area contributed by atoms with E-state index >= 15 is 0 Å².